The lowest BCUT2D eigenvalue weighted by molar-refractivity contribution is -0.154. The number of para-hydroxylation sites is 1. The van der Waals surface area contributed by atoms with E-state index in [2.05, 4.69) is 20.3 Å². The first-order chi connectivity index (χ1) is 28.2. The van der Waals surface area contributed by atoms with Gasteiger partial charge in [0.2, 0.25) is 5.95 Å². The molecule has 5 fully saturated rings. The van der Waals surface area contributed by atoms with Crippen molar-refractivity contribution in [2.75, 3.05) is 18.0 Å². The first-order valence-corrected chi connectivity index (χ1v) is 19.8. The Hall–Kier alpha value is -5.67. The first-order valence-electron chi connectivity index (χ1n) is 19.8. The van der Waals surface area contributed by atoms with Crippen LogP contribution in [-0.4, -0.2) is 61.2 Å². The van der Waals surface area contributed by atoms with Crippen molar-refractivity contribution in [3.63, 3.8) is 0 Å². The van der Waals surface area contributed by atoms with E-state index in [0.717, 1.165) is 25.0 Å². The summed E-state index contributed by atoms with van der Waals surface area (Å²) in [4.78, 5) is 41.6. The number of nitrogens with one attached hydrogen (secondary N) is 1. The quantitative estimate of drug-likeness (QED) is 0.149. The van der Waals surface area contributed by atoms with E-state index in [0.29, 0.717) is 75.1 Å². The standard InChI is InChI=1S/C43H40F6N6O4/c44-42(45,46)33-4-1-2-5-35(33)55-23-32(30-9-8-29(22-36(30)55)59-28-12-16-54(17-13-28)40-50-14-3-15-51-40)34-11-10-31(37(52-34)43(47,48)49)38(56)53-41(39(57)58)26-7-6-24-18-25(20-26)21-27(41)19-24/h1-5,8-11,14-15,22-28H,6-7,12-13,16-21H2,(H,53,56)(H,57,58). The molecule has 4 bridgehead atoms. The number of pyridine rings is 1. The molecule has 3 aromatic heterocycles. The number of ether oxygens (including phenoxy) is 1. The van der Waals surface area contributed by atoms with Crippen molar-refractivity contribution >= 4 is 28.7 Å². The van der Waals surface area contributed by atoms with Crippen LogP contribution in [0.3, 0.4) is 0 Å². The van der Waals surface area contributed by atoms with Gasteiger partial charge in [-0.05, 0) is 98.2 Å². The Morgan fingerprint density at radius 2 is 1.54 bits per heavy atom. The van der Waals surface area contributed by atoms with E-state index in [9.17, 15) is 41.0 Å². The van der Waals surface area contributed by atoms with Crippen LogP contribution in [0, 0.1) is 23.7 Å². The molecule has 5 aliphatic rings. The number of piperidine rings is 1. The van der Waals surface area contributed by atoms with E-state index in [1.165, 1.54) is 35.0 Å². The zero-order valence-electron chi connectivity index (χ0n) is 31.6. The Labute approximate surface area is 334 Å². The van der Waals surface area contributed by atoms with Crippen LogP contribution in [0.2, 0.25) is 0 Å². The molecule has 59 heavy (non-hydrogen) atoms. The van der Waals surface area contributed by atoms with Crippen molar-refractivity contribution in [2.24, 2.45) is 23.7 Å². The van der Waals surface area contributed by atoms with E-state index in [4.69, 9.17) is 4.74 Å². The van der Waals surface area contributed by atoms with Gasteiger partial charge >= 0.3 is 18.3 Å². The maximum atomic E-state index is 14.9. The molecule has 1 aliphatic heterocycles. The van der Waals surface area contributed by atoms with E-state index in [1.54, 1.807) is 36.7 Å². The highest BCUT2D eigenvalue weighted by atomic mass is 19.4. The molecule has 2 N–H and O–H groups in total. The Morgan fingerprint density at radius 1 is 0.814 bits per heavy atom. The molecule has 1 saturated heterocycles. The maximum Gasteiger partial charge on any atom is 0.434 e. The van der Waals surface area contributed by atoms with Gasteiger partial charge in [-0.1, -0.05) is 18.6 Å². The molecule has 5 atom stereocenters. The lowest BCUT2D eigenvalue weighted by Crippen LogP contribution is -2.66. The van der Waals surface area contributed by atoms with Crippen molar-refractivity contribution < 1.29 is 45.8 Å². The van der Waals surface area contributed by atoms with Crippen LogP contribution in [0.5, 0.6) is 5.75 Å². The minimum atomic E-state index is -5.15. The highest BCUT2D eigenvalue weighted by Gasteiger charge is 2.60. The number of fused-ring (bicyclic) bond motifs is 2. The van der Waals surface area contributed by atoms with Gasteiger partial charge in [0.15, 0.2) is 5.69 Å². The second-order valence-corrected chi connectivity index (χ2v) is 16.3. The summed E-state index contributed by atoms with van der Waals surface area (Å²) >= 11 is 0. The Bertz CT molecular complexity index is 2400. The van der Waals surface area contributed by atoms with Crippen molar-refractivity contribution in [1.82, 2.24) is 24.8 Å². The van der Waals surface area contributed by atoms with Crippen LogP contribution in [0.15, 0.2) is 79.3 Å². The minimum absolute atomic E-state index is 0.0803. The number of alkyl halides is 6. The normalized spacial score (nSPS) is 24.6. The van der Waals surface area contributed by atoms with E-state index < -0.39 is 58.4 Å². The summed E-state index contributed by atoms with van der Waals surface area (Å²) in [6.45, 7) is 1.22. The third-order valence-corrected chi connectivity index (χ3v) is 12.9. The fourth-order valence-corrected chi connectivity index (χ4v) is 10.4. The lowest BCUT2D eigenvalue weighted by Gasteiger charge is -2.50. The van der Waals surface area contributed by atoms with E-state index in [1.807, 2.05) is 4.90 Å². The number of carbonyl (C=O) groups excluding carboxylic acids is 1. The number of hydrogen-bond acceptors (Lipinski definition) is 7. The zero-order chi connectivity index (χ0) is 41.3. The molecule has 4 saturated carbocycles. The van der Waals surface area contributed by atoms with Gasteiger partial charge in [-0.25, -0.2) is 19.7 Å². The van der Waals surface area contributed by atoms with Crippen molar-refractivity contribution in [3.8, 4) is 22.7 Å². The van der Waals surface area contributed by atoms with Gasteiger partial charge in [0, 0.05) is 61.5 Å². The topological polar surface area (TPSA) is 122 Å². The molecule has 2 aromatic carbocycles. The molecular formula is C43H40F6N6O4. The van der Waals surface area contributed by atoms with Crippen LogP contribution in [0.1, 0.15) is 73.0 Å². The third-order valence-electron chi connectivity index (χ3n) is 12.9. The number of halogens is 6. The molecule has 4 aliphatic carbocycles. The monoisotopic (exact) mass is 818 g/mol. The number of amides is 1. The Morgan fingerprint density at radius 3 is 2.27 bits per heavy atom. The molecule has 0 spiro atoms. The van der Waals surface area contributed by atoms with Gasteiger partial charge in [-0.2, -0.15) is 26.3 Å². The van der Waals surface area contributed by atoms with Crippen LogP contribution < -0.4 is 15.0 Å². The van der Waals surface area contributed by atoms with Crippen molar-refractivity contribution in [1.29, 1.82) is 0 Å². The first kappa shape index (κ1) is 38.8. The molecule has 10 rings (SSSR count). The van der Waals surface area contributed by atoms with Crippen molar-refractivity contribution in [3.05, 3.63) is 96.1 Å². The summed E-state index contributed by atoms with van der Waals surface area (Å²) in [5, 5.41) is 13.5. The van der Waals surface area contributed by atoms with Gasteiger partial charge in [0.1, 0.15) is 17.4 Å². The highest BCUT2D eigenvalue weighted by molar-refractivity contribution is 6.01. The fraction of sp³-hybridized carbons (Fsp3) is 0.419. The highest BCUT2D eigenvalue weighted by Crippen LogP contribution is 2.56. The number of nitrogens with zero attached hydrogens (tertiary/aromatic N) is 5. The smallest absolute Gasteiger partial charge is 0.434 e. The SMILES string of the molecule is O=C(NC1(C(=O)O)C2CCC3CC(C2)CC1C3)c1ccc(-c2cn(-c3ccccc3C(F)(F)F)c3cc(OC4CCN(c5ncccn5)CC4)ccc23)nc1C(F)(F)F. The zero-order valence-corrected chi connectivity index (χ0v) is 31.6. The van der Waals surface area contributed by atoms with Gasteiger partial charge < -0.3 is 24.6 Å². The predicted octanol–water partition coefficient (Wildman–Crippen LogP) is 8.97. The molecule has 1 amide bonds. The largest absolute Gasteiger partial charge is 0.490 e. The molecule has 16 heteroatoms. The van der Waals surface area contributed by atoms with E-state index in [-0.39, 0.29) is 34.0 Å². The number of aliphatic carboxylic acids is 1. The number of carboxylic acids is 1. The molecule has 5 unspecified atom stereocenters. The summed E-state index contributed by atoms with van der Waals surface area (Å²) < 4.78 is 95.6. The third kappa shape index (κ3) is 7.03. The average molecular weight is 819 g/mol. The summed E-state index contributed by atoms with van der Waals surface area (Å²) in [6.07, 6.45) is -0.194. The summed E-state index contributed by atoms with van der Waals surface area (Å²) in [6, 6.07) is 13.5. The number of anilines is 1. The Balaban J connectivity index is 1.08. The molecular weight excluding hydrogens is 778 g/mol. The van der Waals surface area contributed by atoms with Gasteiger partial charge in [0.05, 0.1) is 28.0 Å². The maximum absolute atomic E-state index is 14.9. The second kappa shape index (κ2) is 14.6. The van der Waals surface area contributed by atoms with Gasteiger partial charge in [0.25, 0.3) is 5.91 Å². The van der Waals surface area contributed by atoms with Gasteiger partial charge in [-0.3, -0.25) is 4.79 Å². The van der Waals surface area contributed by atoms with Gasteiger partial charge in [-0.15, -0.1) is 0 Å². The molecule has 0 radical (unpaired) electrons. The molecule has 4 heterocycles. The number of aromatic nitrogens is 4. The number of rotatable bonds is 8. The lowest BCUT2D eigenvalue weighted by atomic mass is 9.58. The summed E-state index contributed by atoms with van der Waals surface area (Å²) in [7, 11) is 0. The predicted molar refractivity (Wildman–Crippen MR) is 204 cm³/mol. The minimum Gasteiger partial charge on any atom is -0.490 e. The summed E-state index contributed by atoms with van der Waals surface area (Å²) in [5.41, 5.74) is -5.24. The summed E-state index contributed by atoms with van der Waals surface area (Å²) in [5.74, 6) is -1.67. The van der Waals surface area contributed by atoms with Crippen LogP contribution in [0.25, 0.3) is 27.8 Å². The number of carbonyl (C=O) groups is 2. The second-order valence-electron chi connectivity index (χ2n) is 16.3. The van der Waals surface area contributed by atoms with Crippen LogP contribution in [0.4, 0.5) is 32.3 Å². The van der Waals surface area contributed by atoms with Crippen molar-refractivity contribution in [2.45, 2.75) is 75.4 Å². The molecule has 10 nitrogen and oxygen atoms in total. The molecule has 5 aromatic rings. The van der Waals surface area contributed by atoms with Crippen LogP contribution in [-0.2, 0) is 17.1 Å². The number of benzene rings is 2. The van der Waals surface area contributed by atoms with Crippen LogP contribution >= 0.6 is 0 Å². The van der Waals surface area contributed by atoms with E-state index >= 15 is 0 Å². The average Bonchev–Trinajstić information content (AvgIpc) is 3.47. The fourth-order valence-electron chi connectivity index (χ4n) is 10.4. The Kier molecular flexibility index (Phi) is 9.58. The number of hydrogen-bond donors (Lipinski definition) is 2. The number of carboxylic acid groups (broad SMARTS) is 1. The molecule has 308 valence electrons.